The van der Waals surface area contributed by atoms with E-state index in [2.05, 4.69) is 9.73 Å². The molecule has 0 radical (unpaired) electrons. The average molecular weight is 189 g/mol. The summed E-state index contributed by atoms with van der Waals surface area (Å²) in [6.45, 7) is 2.67. The second-order valence-corrected chi connectivity index (χ2v) is 3.28. The maximum atomic E-state index is 10.7. The van der Waals surface area contributed by atoms with Gasteiger partial charge in [0.15, 0.2) is 0 Å². The molecule has 0 saturated carbocycles. The fourth-order valence-corrected chi connectivity index (χ4v) is 0.847. The number of nitrogens with zero attached hydrogens (tertiary/aromatic N) is 1. The first kappa shape index (κ1) is 11.5. The molecule has 3 nitrogen and oxygen atoms in total. The molecule has 0 amide bonds. The van der Waals surface area contributed by atoms with Gasteiger partial charge in [-0.3, -0.25) is 9.79 Å². The third-order valence-corrected chi connectivity index (χ3v) is 2.12. The summed E-state index contributed by atoms with van der Waals surface area (Å²) in [5, 5.41) is 1.06. The molecule has 0 N–H and O–H groups in total. The van der Waals surface area contributed by atoms with Crippen molar-refractivity contribution in [1.82, 2.24) is 0 Å². The number of methoxy groups -OCH3 is 1. The zero-order valence-electron chi connectivity index (χ0n) is 7.79. The Morgan fingerprint density at radius 1 is 1.58 bits per heavy atom. The van der Waals surface area contributed by atoms with Gasteiger partial charge in [-0.15, -0.1) is 11.8 Å². The monoisotopic (exact) mass is 189 g/mol. The van der Waals surface area contributed by atoms with Gasteiger partial charge < -0.3 is 4.74 Å². The SMILES string of the molecule is COC(=O)CCC/N=C(/C)SC. The van der Waals surface area contributed by atoms with Crippen LogP contribution in [-0.2, 0) is 9.53 Å². The molecule has 0 spiro atoms. The van der Waals surface area contributed by atoms with Crippen LogP contribution in [0.3, 0.4) is 0 Å². The Morgan fingerprint density at radius 3 is 2.75 bits per heavy atom. The fraction of sp³-hybridized carbons (Fsp3) is 0.750. The number of rotatable bonds is 4. The first-order chi connectivity index (χ1) is 5.70. The van der Waals surface area contributed by atoms with Crippen molar-refractivity contribution >= 4 is 22.8 Å². The molecule has 0 aliphatic carbocycles. The summed E-state index contributed by atoms with van der Waals surface area (Å²) >= 11 is 1.62. The van der Waals surface area contributed by atoms with Crippen molar-refractivity contribution < 1.29 is 9.53 Å². The first-order valence-electron chi connectivity index (χ1n) is 3.82. The maximum absolute atomic E-state index is 10.7. The number of hydrogen-bond donors (Lipinski definition) is 0. The Balaban J connectivity index is 3.38. The van der Waals surface area contributed by atoms with Crippen LogP contribution in [0.1, 0.15) is 19.8 Å². The largest absolute Gasteiger partial charge is 0.469 e. The van der Waals surface area contributed by atoms with E-state index in [0.29, 0.717) is 13.0 Å². The van der Waals surface area contributed by atoms with Crippen molar-refractivity contribution in [2.24, 2.45) is 4.99 Å². The molecule has 0 aromatic carbocycles. The topological polar surface area (TPSA) is 38.7 Å². The molecule has 0 aromatic heterocycles. The number of aliphatic imine (C=N–C) groups is 1. The number of hydrogen-bond acceptors (Lipinski definition) is 4. The number of esters is 1. The van der Waals surface area contributed by atoms with Crippen molar-refractivity contribution in [2.75, 3.05) is 19.9 Å². The average Bonchev–Trinajstić information content (AvgIpc) is 2.11. The van der Waals surface area contributed by atoms with E-state index in [1.165, 1.54) is 7.11 Å². The third kappa shape index (κ3) is 6.22. The Bertz CT molecular complexity index is 168. The smallest absolute Gasteiger partial charge is 0.305 e. The highest BCUT2D eigenvalue weighted by molar-refractivity contribution is 8.13. The molecule has 0 aliphatic rings. The van der Waals surface area contributed by atoms with Gasteiger partial charge in [0, 0.05) is 13.0 Å². The van der Waals surface area contributed by atoms with Crippen LogP contribution in [-0.4, -0.2) is 30.9 Å². The van der Waals surface area contributed by atoms with E-state index in [0.717, 1.165) is 11.5 Å². The third-order valence-electron chi connectivity index (χ3n) is 1.40. The Kier molecular flexibility index (Phi) is 6.85. The lowest BCUT2D eigenvalue weighted by Gasteiger charge is -1.97. The Morgan fingerprint density at radius 2 is 2.25 bits per heavy atom. The van der Waals surface area contributed by atoms with Crippen molar-refractivity contribution in [3.63, 3.8) is 0 Å². The number of carbonyl (C=O) groups is 1. The van der Waals surface area contributed by atoms with Gasteiger partial charge in [-0.1, -0.05) is 0 Å². The van der Waals surface area contributed by atoms with Crippen LogP contribution in [0.2, 0.25) is 0 Å². The fourth-order valence-electron chi connectivity index (χ4n) is 0.627. The first-order valence-corrected chi connectivity index (χ1v) is 5.05. The van der Waals surface area contributed by atoms with Gasteiger partial charge in [0.2, 0.25) is 0 Å². The predicted octanol–water partition coefficient (Wildman–Crippen LogP) is 1.72. The minimum Gasteiger partial charge on any atom is -0.469 e. The summed E-state index contributed by atoms with van der Waals surface area (Å²) in [5.74, 6) is -0.160. The molecule has 0 bridgehead atoms. The van der Waals surface area contributed by atoms with Gasteiger partial charge in [-0.05, 0) is 19.6 Å². The van der Waals surface area contributed by atoms with Gasteiger partial charge in [0.25, 0.3) is 0 Å². The quantitative estimate of drug-likeness (QED) is 0.292. The number of thioether (sulfide) groups is 1. The van der Waals surface area contributed by atoms with Crippen LogP contribution in [0, 0.1) is 0 Å². The second kappa shape index (κ2) is 7.16. The summed E-state index contributed by atoms with van der Waals surface area (Å²) < 4.78 is 4.49. The minimum absolute atomic E-state index is 0.160. The Hall–Kier alpha value is -0.510. The van der Waals surface area contributed by atoms with E-state index in [1.807, 2.05) is 13.2 Å². The van der Waals surface area contributed by atoms with Crippen LogP contribution in [0.5, 0.6) is 0 Å². The van der Waals surface area contributed by atoms with E-state index < -0.39 is 0 Å². The molecule has 0 fully saturated rings. The van der Waals surface area contributed by atoms with Crippen LogP contribution in [0.25, 0.3) is 0 Å². The normalized spacial score (nSPS) is 11.4. The van der Waals surface area contributed by atoms with E-state index in [-0.39, 0.29) is 5.97 Å². The highest BCUT2D eigenvalue weighted by Crippen LogP contribution is 1.98. The zero-order chi connectivity index (χ0) is 9.40. The van der Waals surface area contributed by atoms with Crippen molar-refractivity contribution in [2.45, 2.75) is 19.8 Å². The van der Waals surface area contributed by atoms with Crippen LogP contribution >= 0.6 is 11.8 Å². The molecule has 0 unspecified atom stereocenters. The van der Waals surface area contributed by atoms with Gasteiger partial charge in [0.1, 0.15) is 0 Å². The molecule has 0 atom stereocenters. The molecule has 0 aliphatic heterocycles. The van der Waals surface area contributed by atoms with E-state index >= 15 is 0 Å². The standard InChI is InChI=1S/C8H15NO2S/c1-7(12-3)9-6-4-5-8(10)11-2/h4-6H2,1-3H3/b9-7-. The molecule has 70 valence electrons. The predicted molar refractivity (Wildman–Crippen MR) is 52.7 cm³/mol. The molecule has 12 heavy (non-hydrogen) atoms. The molecule has 0 aromatic rings. The summed E-state index contributed by atoms with van der Waals surface area (Å²) in [6, 6.07) is 0. The summed E-state index contributed by atoms with van der Waals surface area (Å²) in [5.41, 5.74) is 0. The summed E-state index contributed by atoms with van der Waals surface area (Å²) in [6.07, 6.45) is 3.21. The number of carbonyl (C=O) groups excluding carboxylic acids is 1. The van der Waals surface area contributed by atoms with Gasteiger partial charge in [-0.2, -0.15) is 0 Å². The van der Waals surface area contributed by atoms with Crippen molar-refractivity contribution in [3.05, 3.63) is 0 Å². The molecule has 0 heterocycles. The molecular weight excluding hydrogens is 174 g/mol. The summed E-state index contributed by atoms with van der Waals surface area (Å²) in [7, 11) is 1.40. The van der Waals surface area contributed by atoms with Crippen LogP contribution in [0.4, 0.5) is 0 Å². The molecule has 0 saturated heterocycles. The Labute approximate surface area is 77.6 Å². The molecular formula is C8H15NO2S. The second-order valence-electron chi connectivity index (χ2n) is 2.28. The lowest BCUT2D eigenvalue weighted by molar-refractivity contribution is -0.140. The molecule has 4 heteroatoms. The lowest BCUT2D eigenvalue weighted by atomic mass is 10.3. The highest BCUT2D eigenvalue weighted by Gasteiger charge is 1.97. The highest BCUT2D eigenvalue weighted by atomic mass is 32.2. The van der Waals surface area contributed by atoms with Gasteiger partial charge in [-0.25, -0.2) is 0 Å². The van der Waals surface area contributed by atoms with E-state index in [1.54, 1.807) is 11.8 Å². The van der Waals surface area contributed by atoms with Crippen LogP contribution < -0.4 is 0 Å². The molecule has 0 rings (SSSR count). The maximum Gasteiger partial charge on any atom is 0.305 e. The van der Waals surface area contributed by atoms with Crippen molar-refractivity contribution in [3.8, 4) is 0 Å². The van der Waals surface area contributed by atoms with Crippen LogP contribution in [0.15, 0.2) is 4.99 Å². The zero-order valence-corrected chi connectivity index (χ0v) is 8.61. The number of ether oxygens (including phenoxy) is 1. The summed E-state index contributed by atoms with van der Waals surface area (Å²) in [4.78, 5) is 14.9. The van der Waals surface area contributed by atoms with E-state index in [9.17, 15) is 4.79 Å². The van der Waals surface area contributed by atoms with E-state index in [4.69, 9.17) is 0 Å². The van der Waals surface area contributed by atoms with Gasteiger partial charge in [0.05, 0.1) is 12.2 Å². The van der Waals surface area contributed by atoms with Crippen molar-refractivity contribution in [1.29, 1.82) is 0 Å². The lowest BCUT2D eigenvalue weighted by Crippen LogP contribution is -2.00. The van der Waals surface area contributed by atoms with Gasteiger partial charge >= 0.3 is 5.97 Å². The minimum atomic E-state index is -0.160.